The van der Waals surface area contributed by atoms with Crippen LogP contribution in [0.1, 0.15) is 19.3 Å². The number of benzene rings is 2. The molecule has 0 aliphatic carbocycles. The van der Waals surface area contributed by atoms with Gasteiger partial charge < -0.3 is 15.0 Å². The Morgan fingerprint density at radius 1 is 1.15 bits per heavy atom. The standard InChI is InChI=1S/C25H25ClFN5O2/c26-18-15-17(6-7-19(18)27)30-25-23-20(28-16-29-25)8-9-21-24(23)34-14-13-32(21)22(33)5-4-12-31-10-2-1-3-11-31/h4-9,15-16H,1-3,10-14H2,(H,28,29,30)/b5-4+. The zero-order chi connectivity index (χ0) is 23.5. The highest BCUT2D eigenvalue weighted by molar-refractivity contribution is 6.31. The molecule has 2 aliphatic heterocycles. The van der Waals surface area contributed by atoms with Gasteiger partial charge in [-0.3, -0.25) is 9.69 Å². The molecule has 7 nitrogen and oxygen atoms in total. The number of carbonyl (C=O) groups is 1. The fourth-order valence-electron chi connectivity index (χ4n) is 4.40. The number of piperidine rings is 1. The molecule has 1 N–H and O–H groups in total. The number of hydrogen-bond acceptors (Lipinski definition) is 6. The maximum absolute atomic E-state index is 13.6. The van der Waals surface area contributed by atoms with Gasteiger partial charge in [-0.15, -0.1) is 0 Å². The average molecular weight is 482 g/mol. The molecule has 2 aliphatic rings. The molecule has 34 heavy (non-hydrogen) atoms. The Hall–Kier alpha value is -3.23. The Morgan fingerprint density at radius 3 is 2.82 bits per heavy atom. The second kappa shape index (κ2) is 9.95. The molecule has 0 bridgehead atoms. The van der Waals surface area contributed by atoms with Crippen LogP contribution in [0.2, 0.25) is 5.02 Å². The van der Waals surface area contributed by atoms with Crippen molar-refractivity contribution in [1.82, 2.24) is 14.9 Å². The van der Waals surface area contributed by atoms with Crippen molar-refractivity contribution in [3.63, 3.8) is 0 Å². The lowest BCUT2D eigenvalue weighted by Gasteiger charge is -2.30. The average Bonchev–Trinajstić information content (AvgIpc) is 2.86. The molecule has 9 heteroatoms. The normalized spacial score (nSPS) is 16.5. The topological polar surface area (TPSA) is 70.6 Å². The highest BCUT2D eigenvalue weighted by Gasteiger charge is 2.26. The fourth-order valence-corrected chi connectivity index (χ4v) is 4.58. The summed E-state index contributed by atoms with van der Waals surface area (Å²) in [5.41, 5.74) is 1.91. The van der Waals surface area contributed by atoms with E-state index in [9.17, 15) is 9.18 Å². The molecular weight excluding hydrogens is 457 g/mol. The number of anilines is 3. The quantitative estimate of drug-likeness (QED) is 0.521. The van der Waals surface area contributed by atoms with Crippen molar-refractivity contribution in [2.45, 2.75) is 19.3 Å². The Morgan fingerprint density at radius 2 is 2.00 bits per heavy atom. The molecule has 0 unspecified atom stereocenters. The van der Waals surface area contributed by atoms with Gasteiger partial charge in [0.15, 0.2) is 5.75 Å². The van der Waals surface area contributed by atoms with Gasteiger partial charge in [0, 0.05) is 18.3 Å². The van der Waals surface area contributed by atoms with Crippen LogP contribution in [0.4, 0.5) is 21.6 Å². The Bertz CT molecular complexity index is 1250. The number of nitrogens with zero attached hydrogens (tertiary/aromatic N) is 4. The first-order chi connectivity index (χ1) is 16.6. The number of nitrogens with one attached hydrogen (secondary N) is 1. The zero-order valence-electron chi connectivity index (χ0n) is 18.6. The van der Waals surface area contributed by atoms with Gasteiger partial charge in [0.2, 0.25) is 0 Å². The van der Waals surface area contributed by atoms with E-state index in [1.54, 1.807) is 17.0 Å². The predicted octanol–water partition coefficient (Wildman–Crippen LogP) is 4.93. The van der Waals surface area contributed by atoms with Gasteiger partial charge in [0.25, 0.3) is 5.91 Å². The number of carbonyl (C=O) groups excluding carboxylic acids is 1. The number of rotatable bonds is 5. The first kappa shape index (κ1) is 22.6. The minimum Gasteiger partial charge on any atom is -0.489 e. The number of likely N-dealkylation sites (tertiary alicyclic amines) is 1. The third kappa shape index (κ3) is 4.69. The van der Waals surface area contributed by atoms with Crippen molar-refractivity contribution < 1.29 is 13.9 Å². The van der Waals surface area contributed by atoms with Crippen molar-refractivity contribution in [2.24, 2.45) is 0 Å². The SMILES string of the molecule is O=C(/C=C/CN1CCCCC1)N1CCOc2c1ccc1ncnc(Nc3ccc(F)c(Cl)c3)c21. The van der Waals surface area contributed by atoms with E-state index in [4.69, 9.17) is 16.3 Å². The summed E-state index contributed by atoms with van der Waals surface area (Å²) in [6.45, 7) is 3.76. The Kier molecular flexibility index (Phi) is 6.60. The minimum atomic E-state index is -0.497. The van der Waals surface area contributed by atoms with Crippen LogP contribution in [0.3, 0.4) is 0 Å². The molecule has 0 spiro atoms. The van der Waals surface area contributed by atoms with Gasteiger partial charge in [0.1, 0.15) is 24.6 Å². The smallest absolute Gasteiger partial charge is 0.250 e. The summed E-state index contributed by atoms with van der Waals surface area (Å²) in [6.07, 6.45) is 8.75. The maximum atomic E-state index is 13.6. The van der Waals surface area contributed by atoms with Crippen LogP contribution in [0, 0.1) is 5.82 Å². The molecule has 0 radical (unpaired) electrons. The van der Waals surface area contributed by atoms with Crippen LogP contribution in [0.5, 0.6) is 5.75 Å². The molecule has 1 amide bonds. The van der Waals surface area contributed by atoms with E-state index < -0.39 is 5.82 Å². The number of halogens is 2. The lowest BCUT2D eigenvalue weighted by atomic mass is 10.1. The highest BCUT2D eigenvalue weighted by atomic mass is 35.5. The second-order valence-electron chi connectivity index (χ2n) is 8.39. The third-order valence-corrected chi connectivity index (χ3v) is 6.40. The number of amides is 1. The van der Waals surface area contributed by atoms with Crippen molar-refractivity contribution in [3.05, 3.63) is 59.7 Å². The van der Waals surface area contributed by atoms with Gasteiger partial charge in [0.05, 0.1) is 28.2 Å². The lowest BCUT2D eigenvalue weighted by molar-refractivity contribution is -0.114. The maximum Gasteiger partial charge on any atom is 0.250 e. The summed E-state index contributed by atoms with van der Waals surface area (Å²) in [5.74, 6) is 0.442. The molecule has 1 saturated heterocycles. The summed E-state index contributed by atoms with van der Waals surface area (Å²) in [5, 5.41) is 3.83. The molecule has 0 atom stereocenters. The molecule has 3 aromatic rings. The Labute approximate surface area is 202 Å². The summed E-state index contributed by atoms with van der Waals surface area (Å²) in [7, 11) is 0. The van der Waals surface area contributed by atoms with Gasteiger partial charge >= 0.3 is 0 Å². The van der Waals surface area contributed by atoms with Crippen molar-refractivity contribution in [1.29, 1.82) is 0 Å². The van der Waals surface area contributed by atoms with Crippen LogP contribution in [0.25, 0.3) is 10.9 Å². The lowest BCUT2D eigenvalue weighted by Crippen LogP contribution is -2.37. The summed E-state index contributed by atoms with van der Waals surface area (Å²) >= 11 is 5.93. The van der Waals surface area contributed by atoms with Crippen LogP contribution in [-0.4, -0.2) is 53.6 Å². The fraction of sp³-hybridized carbons (Fsp3) is 0.320. The third-order valence-electron chi connectivity index (χ3n) is 6.11. The largest absolute Gasteiger partial charge is 0.489 e. The zero-order valence-corrected chi connectivity index (χ0v) is 19.4. The van der Waals surface area contributed by atoms with E-state index in [1.807, 2.05) is 18.2 Å². The van der Waals surface area contributed by atoms with Gasteiger partial charge in [-0.2, -0.15) is 0 Å². The molecule has 2 aromatic carbocycles. The van der Waals surface area contributed by atoms with Gasteiger partial charge in [-0.1, -0.05) is 24.1 Å². The second-order valence-corrected chi connectivity index (χ2v) is 8.79. The van der Waals surface area contributed by atoms with E-state index in [0.29, 0.717) is 47.0 Å². The first-order valence-electron chi connectivity index (χ1n) is 11.4. The van der Waals surface area contributed by atoms with E-state index in [0.717, 1.165) is 19.6 Å². The van der Waals surface area contributed by atoms with E-state index in [-0.39, 0.29) is 10.9 Å². The number of fused-ring (bicyclic) bond motifs is 3. The molecular formula is C25H25ClFN5O2. The van der Waals surface area contributed by atoms with Crippen molar-refractivity contribution >= 4 is 45.6 Å². The van der Waals surface area contributed by atoms with Crippen molar-refractivity contribution in [3.8, 4) is 5.75 Å². The van der Waals surface area contributed by atoms with E-state index >= 15 is 0 Å². The van der Waals surface area contributed by atoms with Crippen molar-refractivity contribution in [2.75, 3.05) is 43.0 Å². The van der Waals surface area contributed by atoms with Crippen LogP contribution < -0.4 is 15.0 Å². The number of hydrogen-bond donors (Lipinski definition) is 1. The summed E-state index contributed by atoms with van der Waals surface area (Å²) in [6, 6.07) is 8.04. The van der Waals surface area contributed by atoms with Gasteiger partial charge in [-0.25, -0.2) is 14.4 Å². The molecule has 176 valence electrons. The number of ether oxygens (including phenoxy) is 1. The molecule has 3 heterocycles. The summed E-state index contributed by atoms with van der Waals surface area (Å²) in [4.78, 5) is 25.9. The van der Waals surface area contributed by atoms with E-state index in [1.165, 1.54) is 37.7 Å². The van der Waals surface area contributed by atoms with Gasteiger partial charge in [-0.05, 0) is 56.3 Å². The highest BCUT2D eigenvalue weighted by Crippen LogP contribution is 2.41. The van der Waals surface area contributed by atoms with Crippen LogP contribution >= 0.6 is 11.6 Å². The first-order valence-corrected chi connectivity index (χ1v) is 11.8. The molecule has 0 saturated carbocycles. The molecule has 1 fully saturated rings. The molecule has 5 rings (SSSR count). The van der Waals surface area contributed by atoms with E-state index in [2.05, 4.69) is 20.2 Å². The minimum absolute atomic E-state index is 0.00903. The van der Waals surface area contributed by atoms with Crippen LogP contribution in [-0.2, 0) is 4.79 Å². The molecule has 1 aromatic heterocycles. The Balaban J connectivity index is 1.43. The van der Waals surface area contributed by atoms with Crippen LogP contribution in [0.15, 0.2) is 48.8 Å². The predicted molar refractivity (Wildman–Crippen MR) is 132 cm³/mol. The number of aromatic nitrogens is 2. The summed E-state index contributed by atoms with van der Waals surface area (Å²) < 4.78 is 19.6. The monoisotopic (exact) mass is 481 g/mol.